The van der Waals surface area contributed by atoms with Gasteiger partial charge in [-0.25, -0.2) is 13.1 Å². The van der Waals surface area contributed by atoms with E-state index in [0.717, 1.165) is 33.7 Å². The van der Waals surface area contributed by atoms with E-state index >= 15 is 0 Å². The molecular formula is C39H47N5O5S. The lowest BCUT2D eigenvalue weighted by Crippen LogP contribution is -2.34. The van der Waals surface area contributed by atoms with E-state index < -0.39 is 10.0 Å². The monoisotopic (exact) mass is 697 g/mol. The van der Waals surface area contributed by atoms with Gasteiger partial charge in [0.05, 0.1) is 18.6 Å². The molecule has 264 valence electrons. The first kappa shape index (κ1) is 37.8. The molecule has 0 atom stereocenters. The van der Waals surface area contributed by atoms with Crippen LogP contribution in [0.2, 0.25) is 0 Å². The topological polar surface area (TPSA) is 146 Å². The van der Waals surface area contributed by atoms with Gasteiger partial charge in [-0.1, -0.05) is 51.6 Å². The van der Waals surface area contributed by atoms with E-state index in [1.165, 1.54) is 12.2 Å². The van der Waals surface area contributed by atoms with Crippen molar-refractivity contribution in [1.29, 1.82) is 10.8 Å². The van der Waals surface area contributed by atoms with E-state index in [-0.39, 0.29) is 35.1 Å². The summed E-state index contributed by atoms with van der Waals surface area (Å²) in [7, 11) is -2.17. The smallest absolute Gasteiger partial charge is 0.240 e. The molecule has 0 unspecified atom stereocenters. The third-order valence-electron chi connectivity index (χ3n) is 7.75. The quantitative estimate of drug-likeness (QED) is 0.0985. The van der Waals surface area contributed by atoms with E-state index in [0.29, 0.717) is 35.0 Å². The zero-order valence-corrected chi connectivity index (χ0v) is 30.4. The van der Waals surface area contributed by atoms with E-state index in [2.05, 4.69) is 48.8 Å². The molecule has 0 amide bonds. The minimum absolute atomic E-state index is 0.00524. The molecule has 1 heterocycles. The van der Waals surface area contributed by atoms with Gasteiger partial charge in [-0.3, -0.25) is 10.8 Å². The lowest BCUT2D eigenvalue weighted by atomic mass is 9.88. The van der Waals surface area contributed by atoms with Gasteiger partial charge in [-0.2, -0.15) is 0 Å². The van der Waals surface area contributed by atoms with E-state index in [4.69, 9.17) is 25.0 Å². The van der Waals surface area contributed by atoms with Crippen molar-refractivity contribution in [3.8, 4) is 28.4 Å². The summed E-state index contributed by atoms with van der Waals surface area (Å²) in [6, 6.07) is 17.0. The molecule has 0 spiro atoms. The Kier molecular flexibility index (Phi) is 12.6. The fraction of sp³-hybridized carbons (Fsp3) is 0.282. The van der Waals surface area contributed by atoms with Crippen molar-refractivity contribution in [1.82, 2.24) is 15.4 Å². The SMILES string of the molecule is C=C/C(=C\C=C\N/C(C)=c1\c(-c2cccc(Oc3cccc(OC)c3)c2)c2c(c\c1=C\CC(C)(C)C)C(=N)NC2=N)S(=O)(=O)NCCOCC. The first-order valence-electron chi connectivity index (χ1n) is 16.4. The van der Waals surface area contributed by atoms with E-state index in [1.807, 2.05) is 62.4 Å². The van der Waals surface area contributed by atoms with Crippen LogP contribution in [0.1, 0.15) is 52.2 Å². The number of sulfonamides is 1. The van der Waals surface area contributed by atoms with Crippen LogP contribution in [0.5, 0.6) is 17.2 Å². The lowest BCUT2D eigenvalue weighted by Gasteiger charge is -2.17. The van der Waals surface area contributed by atoms with Crippen LogP contribution in [0.15, 0.2) is 90.5 Å². The van der Waals surface area contributed by atoms with Crippen LogP contribution in [0.4, 0.5) is 0 Å². The summed E-state index contributed by atoms with van der Waals surface area (Å²) in [6.45, 7) is 14.9. The normalized spacial score (nSPS) is 14.4. The molecule has 0 aromatic heterocycles. The summed E-state index contributed by atoms with van der Waals surface area (Å²) < 4.78 is 44.9. The highest BCUT2D eigenvalue weighted by molar-refractivity contribution is 7.93. The third kappa shape index (κ3) is 9.59. The Morgan fingerprint density at radius 1 is 1.00 bits per heavy atom. The van der Waals surface area contributed by atoms with E-state index in [9.17, 15) is 8.42 Å². The second kappa shape index (κ2) is 16.6. The van der Waals surface area contributed by atoms with Crippen LogP contribution in [0, 0.1) is 16.2 Å². The average molecular weight is 698 g/mol. The largest absolute Gasteiger partial charge is 0.497 e. The zero-order chi connectivity index (χ0) is 36.5. The maximum absolute atomic E-state index is 12.8. The molecule has 0 saturated heterocycles. The molecule has 0 aliphatic carbocycles. The summed E-state index contributed by atoms with van der Waals surface area (Å²) in [6.07, 6.45) is 8.94. The number of allylic oxidation sites excluding steroid dienone is 3. The Balaban J connectivity index is 1.87. The van der Waals surface area contributed by atoms with Gasteiger partial charge in [0.2, 0.25) is 10.0 Å². The van der Waals surface area contributed by atoms with Gasteiger partial charge in [-0.05, 0) is 85.0 Å². The highest BCUT2D eigenvalue weighted by Gasteiger charge is 2.27. The number of hydrogen-bond donors (Lipinski definition) is 5. The molecule has 3 aromatic rings. The number of benzene rings is 3. The Bertz CT molecular complexity index is 2060. The summed E-state index contributed by atoms with van der Waals surface area (Å²) in [5.41, 5.74) is 3.56. The molecule has 0 saturated carbocycles. The van der Waals surface area contributed by atoms with Gasteiger partial charge in [0.15, 0.2) is 0 Å². The molecule has 3 aromatic carbocycles. The van der Waals surface area contributed by atoms with Crippen molar-refractivity contribution in [2.75, 3.05) is 26.9 Å². The Hall–Kier alpha value is -4.97. The molecular weight excluding hydrogens is 651 g/mol. The van der Waals surface area contributed by atoms with Crippen LogP contribution in [-0.4, -0.2) is 47.0 Å². The number of amidine groups is 2. The van der Waals surface area contributed by atoms with Crippen molar-refractivity contribution in [3.63, 3.8) is 0 Å². The van der Waals surface area contributed by atoms with Gasteiger partial charge in [0.25, 0.3) is 0 Å². The maximum atomic E-state index is 12.8. The Morgan fingerprint density at radius 3 is 2.38 bits per heavy atom. The fourth-order valence-corrected chi connectivity index (χ4v) is 6.33. The van der Waals surface area contributed by atoms with Crippen molar-refractivity contribution in [2.24, 2.45) is 5.41 Å². The molecule has 0 bridgehead atoms. The van der Waals surface area contributed by atoms with Gasteiger partial charge in [0, 0.05) is 53.0 Å². The lowest BCUT2D eigenvalue weighted by molar-refractivity contribution is 0.153. The minimum Gasteiger partial charge on any atom is -0.497 e. The summed E-state index contributed by atoms with van der Waals surface area (Å²) in [5, 5.41) is 25.5. The fourth-order valence-electron chi connectivity index (χ4n) is 5.33. The van der Waals surface area contributed by atoms with Crippen LogP contribution < -0.4 is 35.3 Å². The minimum atomic E-state index is -3.77. The molecule has 1 aliphatic rings. The van der Waals surface area contributed by atoms with Crippen molar-refractivity contribution >= 4 is 33.5 Å². The van der Waals surface area contributed by atoms with Gasteiger partial charge < -0.3 is 24.8 Å². The van der Waals surface area contributed by atoms with Crippen molar-refractivity contribution in [3.05, 3.63) is 112 Å². The van der Waals surface area contributed by atoms with Gasteiger partial charge in [-0.15, -0.1) is 0 Å². The maximum Gasteiger partial charge on any atom is 0.240 e. The first-order valence-corrected chi connectivity index (χ1v) is 17.8. The number of methoxy groups -OCH3 is 1. The second-order valence-corrected chi connectivity index (χ2v) is 14.6. The molecule has 10 nitrogen and oxygen atoms in total. The predicted molar refractivity (Wildman–Crippen MR) is 203 cm³/mol. The standard InChI is InChI=1S/C39H47N5O5S/c1-8-32(50(45,46)43-21-22-48-9-2)17-12-20-42-26(3)34-28(18-19-39(4,5)6)24-33-36(38(41)44-37(33)40)35(34)27-13-10-15-30(23-27)49-31-16-11-14-29(25-31)47-7/h8,10-18,20,23-25,42-43H,1,9,19,21-22H2,2-7H3,(H3,40,41,44)/b20-12+,28-18-,32-17+,34-26-. The molecule has 0 radical (unpaired) electrons. The van der Waals surface area contributed by atoms with Gasteiger partial charge >= 0.3 is 0 Å². The number of ether oxygens (including phenoxy) is 3. The summed E-state index contributed by atoms with van der Waals surface area (Å²) >= 11 is 0. The van der Waals surface area contributed by atoms with Crippen LogP contribution >= 0.6 is 0 Å². The Labute approximate surface area is 295 Å². The van der Waals surface area contributed by atoms with Crippen molar-refractivity contribution in [2.45, 2.75) is 41.0 Å². The third-order valence-corrected chi connectivity index (χ3v) is 9.25. The zero-order valence-electron chi connectivity index (χ0n) is 29.6. The number of rotatable bonds is 15. The molecule has 11 heteroatoms. The highest BCUT2D eigenvalue weighted by Crippen LogP contribution is 2.31. The van der Waals surface area contributed by atoms with Crippen molar-refractivity contribution < 1.29 is 22.6 Å². The van der Waals surface area contributed by atoms with E-state index in [1.54, 1.807) is 25.5 Å². The van der Waals surface area contributed by atoms with Crippen LogP contribution in [0.25, 0.3) is 22.9 Å². The molecule has 5 N–H and O–H groups in total. The molecule has 50 heavy (non-hydrogen) atoms. The summed E-state index contributed by atoms with van der Waals surface area (Å²) in [4.78, 5) is 0.0213. The van der Waals surface area contributed by atoms with Crippen LogP contribution in [0.3, 0.4) is 0 Å². The molecule has 1 aliphatic heterocycles. The first-order chi connectivity index (χ1) is 23.8. The Morgan fingerprint density at radius 2 is 1.70 bits per heavy atom. The average Bonchev–Trinajstić information content (AvgIpc) is 3.36. The number of nitrogens with one attached hydrogen (secondary N) is 5. The van der Waals surface area contributed by atoms with Crippen LogP contribution in [-0.2, 0) is 14.8 Å². The number of hydrogen-bond acceptors (Lipinski definition) is 8. The molecule has 0 fully saturated rings. The van der Waals surface area contributed by atoms with Gasteiger partial charge in [0.1, 0.15) is 28.9 Å². The predicted octanol–water partition coefficient (Wildman–Crippen LogP) is 5.88. The second-order valence-electron chi connectivity index (χ2n) is 12.8. The molecule has 4 rings (SSSR count). The summed E-state index contributed by atoms with van der Waals surface area (Å²) in [5.74, 6) is 2.18. The number of fused-ring (bicyclic) bond motifs is 1. The highest BCUT2D eigenvalue weighted by atomic mass is 32.2.